The van der Waals surface area contributed by atoms with Crippen molar-refractivity contribution in [3.8, 4) is 0 Å². The molecule has 0 fully saturated rings. The Balaban J connectivity index is 2.69. The molecule has 1 atom stereocenters. The molecule has 114 valence electrons. The van der Waals surface area contributed by atoms with Crippen molar-refractivity contribution >= 4 is 11.4 Å². The number of nitrogens with two attached hydrogens (primary N) is 1. The molecule has 0 amide bonds. The SMILES string of the molecule is CCC(C)N(C)CCNc1ccc(N)cc1C(F)(F)F. The van der Waals surface area contributed by atoms with Gasteiger partial charge in [0.1, 0.15) is 0 Å². The number of rotatable bonds is 6. The van der Waals surface area contributed by atoms with Gasteiger partial charge in [-0.3, -0.25) is 0 Å². The van der Waals surface area contributed by atoms with Gasteiger partial charge in [-0.05, 0) is 38.6 Å². The number of benzene rings is 1. The van der Waals surface area contributed by atoms with Gasteiger partial charge in [0.15, 0.2) is 0 Å². The zero-order chi connectivity index (χ0) is 15.3. The first kappa shape index (κ1) is 16.6. The van der Waals surface area contributed by atoms with Crippen LogP contribution in [0.2, 0.25) is 0 Å². The Morgan fingerprint density at radius 2 is 2.00 bits per heavy atom. The van der Waals surface area contributed by atoms with Crippen molar-refractivity contribution in [2.45, 2.75) is 32.5 Å². The third kappa shape index (κ3) is 4.59. The standard InChI is InChI=1S/C14H22F3N3/c1-4-10(2)20(3)8-7-19-13-6-5-11(18)9-12(13)14(15,16)17/h5-6,9-10,19H,4,7-8,18H2,1-3H3. The number of nitrogens with zero attached hydrogens (tertiary/aromatic N) is 1. The van der Waals surface area contributed by atoms with Crippen LogP contribution in [-0.2, 0) is 6.18 Å². The number of nitrogen functional groups attached to an aromatic ring is 1. The molecule has 1 aromatic carbocycles. The van der Waals surface area contributed by atoms with Crippen LogP contribution < -0.4 is 11.1 Å². The molecule has 0 saturated heterocycles. The summed E-state index contributed by atoms with van der Waals surface area (Å²) in [6.45, 7) is 5.30. The van der Waals surface area contributed by atoms with Gasteiger partial charge in [-0.1, -0.05) is 6.92 Å². The summed E-state index contributed by atoms with van der Waals surface area (Å²) in [4.78, 5) is 2.11. The van der Waals surface area contributed by atoms with E-state index in [-0.39, 0.29) is 11.4 Å². The monoisotopic (exact) mass is 289 g/mol. The Labute approximate surface area is 117 Å². The summed E-state index contributed by atoms with van der Waals surface area (Å²) in [5.41, 5.74) is 4.89. The van der Waals surface area contributed by atoms with E-state index in [4.69, 9.17) is 5.73 Å². The molecule has 0 radical (unpaired) electrons. The Bertz CT molecular complexity index is 432. The maximum Gasteiger partial charge on any atom is 0.418 e. The molecule has 3 N–H and O–H groups in total. The van der Waals surface area contributed by atoms with Crippen molar-refractivity contribution in [3.05, 3.63) is 23.8 Å². The van der Waals surface area contributed by atoms with Crippen LogP contribution in [0.25, 0.3) is 0 Å². The van der Waals surface area contributed by atoms with Crippen molar-refractivity contribution in [2.75, 3.05) is 31.2 Å². The van der Waals surface area contributed by atoms with E-state index in [9.17, 15) is 13.2 Å². The lowest BCUT2D eigenvalue weighted by atomic mass is 10.1. The second kappa shape index (κ2) is 6.83. The first-order valence-electron chi connectivity index (χ1n) is 6.66. The van der Waals surface area contributed by atoms with E-state index >= 15 is 0 Å². The minimum Gasteiger partial charge on any atom is -0.399 e. The van der Waals surface area contributed by atoms with Crippen molar-refractivity contribution < 1.29 is 13.2 Å². The Hall–Kier alpha value is -1.43. The topological polar surface area (TPSA) is 41.3 Å². The first-order chi connectivity index (χ1) is 9.25. The predicted molar refractivity (Wildman–Crippen MR) is 76.7 cm³/mol. The lowest BCUT2D eigenvalue weighted by molar-refractivity contribution is -0.136. The van der Waals surface area contributed by atoms with Gasteiger partial charge in [0.25, 0.3) is 0 Å². The Kier molecular flexibility index (Phi) is 5.68. The second-order valence-corrected chi connectivity index (χ2v) is 4.97. The molecule has 0 spiro atoms. The fourth-order valence-electron chi connectivity index (χ4n) is 1.85. The van der Waals surface area contributed by atoms with Crippen LogP contribution >= 0.6 is 0 Å². The number of hydrogen-bond acceptors (Lipinski definition) is 3. The minimum absolute atomic E-state index is 0.0734. The van der Waals surface area contributed by atoms with Gasteiger partial charge in [-0.25, -0.2) is 0 Å². The fourth-order valence-corrected chi connectivity index (χ4v) is 1.85. The molecule has 0 aliphatic carbocycles. The van der Waals surface area contributed by atoms with Crippen LogP contribution in [0.4, 0.5) is 24.5 Å². The molecule has 3 nitrogen and oxygen atoms in total. The largest absolute Gasteiger partial charge is 0.418 e. The van der Waals surface area contributed by atoms with Crippen molar-refractivity contribution in [1.29, 1.82) is 0 Å². The number of halogens is 3. The van der Waals surface area contributed by atoms with Crippen LogP contribution in [0.1, 0.15) is 25.8 Å². The lowest BCUT2D eigenvalue weighted by Crippen LogP contribution is -2.32. The molecule has 1 unspecified atom stereocenters. The van der Waals surface area contributed by atoms with E-state index in [0.717, 1.165) is 12.5 Å². The molecular formula is C14H22F3N3. The summed E-state index contributed by atoms with van der Waals surface area (Å²) in [6, 6.07) is 4.21. The third-order valence-corrected chi connectivity index (χ3v) is 3.47. The molecule has 0 aliphatic rings. The quantitative estimate of drug-likeness (QED) is 0.788. The molecule has 0 aromatic heterocycles. The summed E-state index contributed by atoms with van der Waals surface area (Å²) in [6.07, 6.45) is -3.40. The zero-order valence-electron chi connectivity index (χ0n) is 12.1. The Morgan fingerprint density at radius 3 is 2.55 bits per heavy atom. The molecule has 0 saturated carbocycles. The lowest BCUT2D eigenvalue weighted by Gasteiger charge is -2.24. The van der Waals surface area contributed by atoms with Gasteiger partial charge in [-0.15, -0.1) is 0 Å². The fraction of sp³-hybridized carbons (Fsp3) is 0.571. The normalized spacial score (nSPS) is 13.6. The zero-order valence-corrected chi connectivity index (χ0v) is 12.1. The molecule has 0 heterocycles. The molecule has 20 heavy (non-hydrogen) atoms. The highest BCUT2D eigenvalue weighted by molar-refractivity contribution is 5.59. The second-order valence-electron chi connectivity index (χ2n) is 4.97. The van der Waals surface area contributed by atoms with Crippen LogP contribution in [0.5, 0.6) is 0 Å². The maximum atomic E-state index is 12.9. The number of hydrogen-bond donors (Lipinski definition) is 2. The van der Waals surface area contributed by atoms with Gasteiger partial charge in [0, 0.05) is 30.5 Å². The van der Waals surface area contributed by atoms with Gasteiger partial charge in [0.2, 0.25) is 0 Å². The average molecular weight is 289 g/mol. The molecule has 0 aliphatic heterocycles. The molecular weight excluding hydrogens is 267 g/mol. The Morgan fingerprint density at radius 1 is 1.35 bits per heavy atom. The summed E-state index contributed by atoms with van der Waals surface area (Å²) in [7, 11) is 1.96. The van der Waals surface area contributed by atoms with Gasteiger partial charge < -0.3 is 16.0 Å². The smallest absolute Gasteiger partial charge is 0.399 e. The van der Waals surface area contributed by atoms with Crippen LogP contribution in [0.3, 0.4) is 0 Å². The van der Waals surface area contributed by atoms with E-state index in [1.54, 1.807) is 0 Å². The van der Waals surface area contributed by atoms with Gasteiger partial charge >= 0.3 is 6.18 Å². The number of anilines is 2. The highest BCUT2D eigenvalue weighted by Gasteiger charge is 2.33. The first-order valence-corrected chi connectivity index (χ1v) is 6.66. The van der Waals surface area contributed by atoms with Gasteiger partial charge in [0.05, 0.1) is 5.56 Å². The van der Waals surface area contributed by atoms with E-state index < -0.39 is 11.7 Å². The summed E-state index contributed by atoms with van der Waals surface area (Å²) in [5.74, 6) is 0. The van der Waals surface area contributed by atoms with Crippen molar-refractivity contribution in [1.82, 2.24) is 4.90 Å². The predicted octanol–water partition coefficient (Wildman–Crippen LogP) is 3.43. The summed E-state index contributed by atoms with van der Waals surface area (Å²) in [5, 5.41) is 2.84. The summed E-state index contributed by atoms with van der Waals surface area (Å²) < 4.78 is 38.7. The molecule has 1 rings (SSSR count). The number of nitrogens with one attached hydrogen (secondary N) is 1. The highest BCUT2D eigenvalue weighted by atomic mass is 19.4. The number of likely N-dealkylation sites (N-methyl/N-ethyl adjacent to an activating group) is 1. The van der Waals surface area contributed by atoms with Gasteiger partial charge in [-0.2, -0.15) is 13.2 Å². The third-order valence-electron chi connectivity index (χ3n) is 3.47. The summed E-state index contributed by atoms with van der Waals surface area (Å²) >= 11 is 0. The number of alkyl halides is 3. The molecule has 6 heteroatoms. The van der Waals surface area contributed by atoms with Crippen LogP contribution in [-0.4, -0.2) is 31.1 Å². The molecule has 0 bridgehead atoms. The van der Waals surface area contributed by atoms with E-state index in [1.165, 1.54) is 12.1 Å². The van der Waals surface area contributed by atoms with E-state index in [2.05, 4.69) is 24.1 Å². The minimum atomic E-state index is -4.40. The average Bonchev–Trinajstić information content (AvgIpc) is 2.38. The van der Waals surface area contributed by atoms with Crippen LogP contribution in [0.15, 0.2) is 18.2 Å². The van der Waals surface area contributed by atoms with Crippen LogP contribution in [0, 0.1) is 0 Å². The van der Waals surface area contributed by atoms with Crippen molar-refractivity contribution in [3.63, 3.8) is 0 Å². The van der Waals surface area contributed by atoms with E-state index in [1.807, 2.05) is 7.05 Å². The maximum absolute atomic E-state index is 12.9. The molecule has 1 aromatic rings. The highest BCUT2D eigenvalue weighted by Crippen LogP contribution is 2.35. The van der Waals surface area contributed by atoms with Crippen molar-refractivity contribution in [2.24, 2.45) is 0 Å². The van der Waals surface area contributed by atoms with E-state index in [0.29, 0.717) is 19.1 Å².